The number of benzene rings is 1. The maximum atomic E-state index is 10.6. The molecule has 1 aromatic rings. The van der Waals surface area contributed by atoms with Crippen LogP contribution in [-0.2, 0) is 4.79 Å². The minimum atomic E-state index is -0.950. The highest BCUT2D eigenvalue weighted by molar-refractivity contribution is 5.87. The van der Waals surface area contributed by atoms with Crippen LogP contribution in [-0.4, -0.2) is 24.7 Å². The molecule has 0 saturated carbocycles. The highest BCUT2D eigenvalue weighted by Gasteiger charge is 2.08. The second kappa shape index (κ2) is 4.64. The van der Waals surface area contributed by atoms with Crippen molar-refractivity contribution in [2.75, 3.05) is 18.5 Å². The van der Waals surface area contributed by atoms with E-state index >= 15 is 0 Å². The first-order valence-electron chi connectivity index (χ1n) is 4.69. The Kier molecular flexibility index (Phi) is 3.50. The summed E-state index contributed by atoms with van der Waals surface area (Å²) in [4.78, 5) is 12.5. The summed E-state index contributed by atoms with van der Waals surface area (Å²) in [5, 5.41) is 8.71. The van der Waals surface area contributed by atoms with Gasteiger partial charge in [0, 0.05) is 24.9 Å². The molecule has 0 bridgehead atoms. The molecule has 1 rings (SSSR count). The van der Waals surface area contributed by atoms with E-state index < -0.39 is 5.97 Å². The first kappa shape index (κ1) is 11.3. The quantitative estimate of drug-likeness (QED) is 0.765. The number of carbonyl (C=O) groups is 1. The molecule has 3 nitrogen and oxygen atoms in total. The van der Waals surface area contributed by atoms with Gasteiger partial charge in [0.15, 0.2) is 0 Å². The fraction of sp³-hybridized carbons (Fsp3) is 0.250. The Balaban J connectivity index is 2.73. The van der Waals surface area contributed by atoms with Crippen LogP contribution in [0.15, 0.2) is 36.4 Å². The predicted molar refractivity (Wildman–Crippen MR) is 61.2 cm³/mol. The van der Waals surface area contributed by atoms with Gasteiger partial charge in [-0.25, -0.2) is 4.79 Å². The van der Waals surface area contributed by atoms with E-state index in [1.807, 2.05) is 43.1 Å². The molecule has 15 heavy (non-hydrogen) atoms. The topological polar surface area (TPSA) is 40.5 Å². The molecular formula is C12H15NO2. The molecule has 0 spiro atoms. The number of anilines is 1. The lowest BCUT2D eigenvalue weighted by Crippen LogP contribution is -2.22. The summed E-state index contributed by atoms with van der Waals surface area (Å²) in [7, 11) is 1.85. The molecule has 0 radical (unpaired) electrons. The third kappa shape index (κ3) is 3.13. The summed E-state index contributed by atoms with van der Waals surface area (Å²) in [5.74, 6) is -0.950. The monoisotopic (exact) mass is 205 g/mol. The summed E-state index contributed by atoms with van der Waals surface area (Å²) in [6, 6.07) is 7.91. The van der Waals surface area contributed by atoms with E-state index in [1.54, 1.807) is 0 Å². The van der Waals surface area contributed by atoms with Crippen LogP contribution in [0, 0.1) is 6.92 Å². The largest absolute Gasteiger partial charge is 0.478 e. The zero-order chi connectivity index (χ0) is 11.4. The highest BCUT2D eigenvalue weighted by atomic mass is 16.4. The van der Waals surface area contributed by atoms with Gasteiger partial charge in [0.25, 0.3) is 0 Å². The Bertz CT molecular complexity index is 385. The van der Waals surface area contributed by atoms with Gasteiger partial charge in [-0.15, -0.1) is 0 Å². The maximum absolute atomic E-state index is 10.6. The molecule has 0 aliphatic heterocycles. The summed E-state index contributed by atoms with van der Waals surface area (Å²) < 4.78 is 0. The number of hydrogen-bond donors (Lipinski definition) is 1. The smallest absolute Gasteiger partial charge is 0.332 e. The lowest BCUT2D eigenvalue weighted by atomic mass is 10.2. The number of carboxylic acid groups (broad SMARTS) is 1. The number of aryl methyl sites for hydroxylation is 1. The van der Waals surface area contributed by atoms with Crippen molar-refractivity contribution in [3.63, 3.8) is 0 Å². The average Bonchev–Trinajstić information content (AvgIpc) is 2.17. The number of hydrogen-bond acceptors (Lipinski definition) is 2. The van der Waals surface area contributed by atoms with Gasteiger partial charge in [-0.1, -0.05) is 18.7 Å². The molecule has 3 heteroatoms. The van der Waals surface area contributed by atoms with Gasteiger partial charge in [-0.05, 0) is 24.6 Å². The third-order valence-electron chi connectivity index (χ3n) is 2.17. The van der Waals surface area contributed by atoms with E-state index in [1.165, 1.54) is 0 Å². The SMILES string of the molecule is C=C(CN(C)c1cccc(C)c1)C(=O)O. The number of carboxylic acids is 1. The molecular weight excluding hydrogens is 190 g/mol. The Morgan fingerprint density at radius 2 is 2.20 bits per heavy atom. The number of rotatable bonds is 4. The van der Waals surface area contributed by atoms with Crippen molar-refractivity contribution in [3.05, 3.63) is 42.0 Å². The van der Waals surface area contributed by atoms with E-state index in [-0.39, 0.29) is 5.57 Å². The van der Waals surface area contributed by atoms with Gasteiger partial charge < -0.3 is 10.0 Å². The zero-order valence-electron chi connectivity index (χ0n) is 9.03. The van der Waals surface area contributed by atoms with Crippen LogP contribution in [0.3, 0.4) is 0 Å². The molecule has 0 amide bonds. The maximum Gasteiger partial charge on any atom is 0.332 e. The molecule has 80 valence electrons. The normalized spacial score (nSPS) is 9.73. The van der Waals surface area contributed by atoms with Crippen LogP contribution < -0.4 is 4.90 Å². The Morgan fingerprint density at radius 1 is 1.53 bits per heavy atom. The molecule has 1 N–H and O–H groups in total. The van der Waals surface area contributed by atoms with Crippen molar-refractivity contribution in [1.29, 1.82) is 0 Å². The van der Waals surface area contributed by atoms with Crippen molar-refractivity contribution in [2.45, 2.75) is 6.92 Å². The van der Waals surface area contributed by atoms with Gasteiger partial charge in [0.2, 0.25) is 0 Å². The van der Waals surface area contributed by atoms with Crippen molar-refractivity contribution in [2.24, 2.45) is 0 Å². The summed E-state index contributed by atoms with van der Waals surface area (Å²) in [6.07, 6.45) is 0. The van der Waals surface area contributed by atoms with Gasteiger partial charge in [0.1, 0.15) is 0 Å². The Morgan fingerprint density at radius 3 is 2.73 bits per heavy atom. The van der Waals surface area contributed by atoms with Crippen molar-refractivity contribution in [3.8, 4) is 0 Å². The van der Waals surface area contributed by atoms with E-state index in [0.29, 0.717) is 6.54 Å². The van der Waals surface area contributed by atoms with Gasteiger partial charge in [-0.3, -0.25) is 0 Å². The van der Waals surface area contributed by atoms with E-state index in [0.717, 1.165) is 11.3 Å². The molecule has 0 aliphatic rings. The van der Waals surface area contributed by atoms with E-state index in [4.69, 9.17) is 5.11 Å². The van der Waals surface area contributed by atoms with Crippen molar-refractivity contribution in [1.82, 2.24) is 0 Å². The molecule has 0 aliphatic carbocycles. The minimum Gasteiger partial charge on any atom is -0.478 e. The second-order valence-electron chi connectivity index (χ2n) is 3.60. The molecule has 0 saturated heterocycles. The standard InChI is InChI=1S/C12H15NO2/c1-9-5-4-6-11(7-9)13(3)8-10(2)12(14)15/h4-7H,2,8H2,1,3H3,(H,14,15). The van der Waals surface area contributed by atoms with E-state index in [9.17, 15) is 4.79 Å². The lowest BCUT2D eigenvalue weighted by Gasteiger charge is -2.19. The van der Waals surface area contributed by atoms with Gasteiger partial charge in [-0.2, -0.15) is 0 Å². The second-order valence-corrected chi connectivity index (χ2v) is 3.60. The highest BCUT2D eigenvalue weighted by Crippen LogP contribution is 2.14. The van der Waals surface area contributed by atoms with Crippen LogP contribution in [0.5, 0.6) is 0 Å². The number of likely N-dealkylation sites (N-methyl/N-ethyl adjacent to an activating group) is 1. The first-order valence-corrected chi connectivity index (χ1v) is 4.69. The summed E-state index contributed by atoms with van der Waals surface area (Å²) >= 11 is 0. The van der Waals surface area contributed by atoms with Crippen LogP contribution in [0.4, 0.5) is 5.69 Å². The zero-order valence-corrected chi connectivity index (χ0v) is 9.03. The van der Waals surface area contributed by atoms with E-state index in [2.05, 4.69) is 6.58 Å². The molecule has 0 unspecified atom stereocenters. The predicted octanol–water partition coefficient (Wildman–Crippen LogP) is 2.07. The fourth-order valence-corrected chi connectivity index (χ4v) is 1.31. The molecule has 0 fully saturated rings. The number of aliphatic carboxylic acids is 1. The van der Waals surface area contributed by atoms with Crippen LogP contribution in [0.1, 0.15) is 5.56 Å². The van der Waals surface area contributed by atoms with Crippen LogP contribution >= 0.6 is 0 Å². The first-order chi connectivity index (χ1) is 7.00. The third-order valence-corrected chi connectivity index (χ3v) is 2.17. The van der Waals surface area contributed by atoms with Gasteiger partial charge in [0.05, 0.1) is 0 Å². The molecule has 0 aromatic heterocycles. The Hall–Kier alpha value is -1.77. The van der Waals surface area contributed by atoms with Crippen molar-refractivity contribution >= 4 is 11.7 Å². The number of nitrogens with zero attached hydrogens (tertiary/aromatic N) is 1. The molecule has 0 heterocycles. The summed E-state index contributed by atoms with van der Waals surface area (Å²) in [5.41, 5.74) is 2.34. The van der Waals surface area contributed by atoms with Crippen LogP contribution in [0.2, 0.25) is 0 Å². The van der Waals surface area contributed by atoms with Crippen molar-refractivity contribution < 1.29 is 9.90 Å². The minimum absolute atomic E-state index is 0.194. The molecule has 1 aromatic carbocycles. The lowest BCUT2D eigenvalue weighted by molar-refractivity contribution is -0.132. The molecule has 0 atom stereocenters. The van der Waals surface area contributed by atoms with Gasteiger partial charge >= 0.3 is 5.97 Å². The average molecular weight is 205 g/mol. The summed E-state index contributed by atoms with van der Waals surface area (Å²) in [6.45, 7) is 5.84. The van der Waals surface area contributed by atoms with Crippen LogP contribution in [0.25, 0.3) is 0 Å². The Labute approximate surface area is 89.6 Å². The fourth-order valence-electron chi connectivity index (χ4n) is 1.31.